The monoisotopic (exact) mass is 551 g/mol. The van der Waals surface area contributed by atoms with Crippen molar-refractivity contribution in [2.75, 3.05) is 52.9 Å². The average Bonchev–Trinajstić information content (AvgIpc) is 2.73. The molecule has 0 bridgehead atoms. The topological polar surface area (TPSA) is 68.2 Å². The number of hydrogen-bond donors (Lipinski definition) is 1. The van der Waals surface area contributed by atoms with Crippen molar-refractivity contribution in [3.05, 3.63) is 0 Å². The molecule has 8 heteroatoms. The number of halogens is 1. The van der Waals surface area contributed by atoms with E-state index in [1.54, 1.807) is 0 Å². The van der Waals surface area contributed by atoms with Gasteiger partial charge in [-0.25, -0.2) is 0 Å². The van der Waals surface area contributed by atoms with Gasteiger partial charge in [0.05, 0.1) is 0 Å². The van der Waals surface area contributed by atoms with Crippen LogP contribution in [0.15, 0.2) is 4.99 Å². The van der Waals surface area contributed by atoms with E-state index in [1.165, 1.54) is 12.8 Å². The van der Waals surface area contributed by atoms with Crippen LogP contribution >= 0.6 is 24.0 Å². The molecule has 1 aliphatic rings. The van der Waals surface area contributed by atoms with Crippen LogP contribution in [0.4, 0.5) is 0 Å². The summed E-state index contributed by atoms with van der Waals surface area (Å²) in [5, 5.41) is 3.35. The fourth-order valence-corrected chi connectivity index (χ4v) is 3.56. The van der Waals surface area contributed by atoms with Crippen molar-refractivity contribution >= 4 is 41.8 Å². The molecule has 0 aromatic rings. The lowest BCUT2D eigenvalue weighted by Gasteiger charge is -2.35. The Morgan fingerprint density at radius 2 is 1.58 bits per heavy atom. The molecule has 0 atom stereocenters. The summed E-state index contributed by atoms with van der Waals surface area (Å²) in [6.45, 7) is 13.8. The zero-order chi connectivity index (χ0) is 22.4. The maximum absolute atomic E-state index is 12.4. The molecule has 1 heterocycles. The van der Waals surface area contributed by atoms with Crippen LogP contribution in [0, 0.1) is 5.92 Å². The van der Waals surface area contributed by atoms with Crippen LogP contribution in [0.2, 0.25) is 0 Å². The number of nitrogens with zero attached hydrogens (tertiary/aromatic N) is 4. The number of carbonyl (C=O) groups excluding carboxylic acids is 2. The highest BCUT2D eigenvalue weighted by molar-refractivity contribution is 14.0. The standard InChI is InChI=1S/C23H45N5O2.HI/c1-6-8-14-26(5)23(24-7-2)25-13-11-9-10-12-21(29)27-15-17-28(18-16-27)22(30)19-20(3)4;/h20H,6-19H2,1-5H3,(H,24,25);1H. The summed E-state index contributed by atoms with van der Waals surface area (Å²) >= 11 is 0. The molecule has 0 aliphatic carbocycles. The molecule has 1 N–H and O–H groups in total. The predicted octanol–water partition coefficient (Wildman–Crippen LogP) is 3.58. The summed E-state index contributed by atoms with van der Waals surface area (Å²) in [5.41, 5.74) is 0. The Bertz CT molecular complexity index is 534. The van der Waals surface area contributed by atoms with Crippen LogP contribution in [0.3, 0.4) is 0 Å². The first-order chi connectivity index (χ1) is 14.4. The Morgan fingerprint density at radius 3 is 2.13 bits per heavy atom. The Labute approximate surface area is 207 Å². The minimum absolute atomic E-state index is 0. The molecule has 0 spiro atoms. The second kappa shape index (κ2) is 17.5. The summed E-state index contributed by atoms with van der Waals surface area (Å²) < 4.78 is 0. The Hall–Kier alpha value is -1.06. The number of guanidine groups is 1. The lowest BCUT2D eigenvalue weighted by atomic mass is 10.1. The molecule has 7 nitrogen and oxygen atoms in total. The molecule has 1 rings (SSSR count). The van der Waals surface area contributed by atoms with Crippen LogP contribution in [-0.2, 0) is 9.59 Å². The molecule has 1 aliphatic heterocycles. The fourth-order valence-electron chi connectivity index (χ4n) is 3.56. The van der Waals surface area contributed by atoms with Crippen LogP contribution in [0.5, 0.6) is 0 Å². The van der Waals surface area contributed by atoms with E-state index in [-0.39, 0.29) is 35.8 Å². The third-order valence-corrected chi connectivity index (χ3v) is 5.42. The second-order valence-electron chi connectivity index (χ2n) is 8.68. The third-order valence-electron chi connectivity index (χ3n) is 5.42. The van der Waals surface area contributed by atoms with Gasteiger partial charge >= 0.3 is 0 Å². The van der Waals surface area contributed by atoms with E-state index in [0.717, 1.165) is 44.9 Å². The normalized spacial score (nSPS) is 14.5. The fraction of sp³-hybridized carbons (Fsp3) is 0.870. The number of nitrogens with one attached hydrogen (secondary N) is 1. The molecule has 1 saturated heterocycles. The maximum atomic E-state index is 12.4. The van der Waals surface area contributed by atoms with E-state index in [9.17, 15) is 9.59 Å². The van der Waals surface area contributed by atoms with Crippen LogP contribution < -0.4 is 5.32 Å². The van der Waals surface area contributed by atoms with Gasteiger partial charge in [0.15, 0.2) is 5.96 Å². The van der Waals surface area contributed by atoms with Crippen molar-refractivity contribution in [3.63, 3.8) is 0 Å². The van der Waals surface area contributed by atoms with Crippen LogP contribution in [0.1, 0.15) is 72.6 Å². The SMILES string of the molecule is CCCCN(C)C(=NCCCCCC(=O)N1CCN(C(=O)CC(C)C)CC1)NCC.I. The van der Waals surface area contributed by atoms with Gasteiger partial charge in [-0.1, -0.05) is 33.6 Å². The quantitative estimate of drug-likeness (QED) is 0.174. The first kappa shape index (κ1) is 29.9. The molecular weight excluding hydrogens is 505 g/mol. The summed E-state index contributed by atoms with van der Waals surface area (Å²) in [6, 6.07) is 0. The van der Waals surface area contributed by atoms with E-state index in [2.05, 4.69) is 45.0 Å². The van der Waals surface area contributed by atoms with Crippen molar-refractivity contribution in [2.45, 2.75) is 72.6 Å². The van der Waals surface area contributed by atoms with E-state index < -0.39 is 0 Å². The van der Waals surface area contributed by atoms with Crippen molar-refractivity contribution in [1.29, 1.82) is 0 Å². The molecule has 0 aromatic heterocycles. The molecule has 31 heavy (non-hydrogen) atoms. The van der Waals surface area contributed by atoms with Gasteiger partial charge in [0.25, 0.3) is 0 Å². The number of hydrogen-bond acceptors (Lipinski definition) is 3. The Morgan fingerprint density at radius 1 is 0.968 bits per heavy atom. The first-order valence-electron chi connectivity index (χ1n) is 11.9. The highest BCUT2D eigenvalue weighted by Gasteiger charge is 2.23. The van der Waals surface area contributed by atoms with Gasteiger partial charge in [-0.05, 0) is 32.1 Å². The zero-order valence-corrected chi connectivity index (χ0v) is 22.8. The molecular formula is C23H46IN5O2. The highest BCUT2D eigenvalue weighted by Crippen LogP contribution is 2.11. The van der Waals surface area contributed by atoms with E-state index in [0.29, 0.717) is 44.9 Å². The summed E-state index contributed by atoms with van der Waals surface area (Å²) in [5.74, 6) is 1.80. The van der Waals surface area contributed by atoms with Crippen molar-refractivity contribution < 1.29 is 9.59 Å². The van der Waals surface area contributed by atoms with Gasteiger partial charge in [-0.15, -0.1) is 24.0 Å². The van der Waals surface area contributed by atoms with Crippen molar-refractivity contribution in [2.24, 2.45) is 10.9 Å². The van der Waals surface area contributed by atoms with E-state index >= 15 is 0 Å². The number of amides is 2. The summed E-state index contributed by atoms with van der Waals surface area (Å²) in [7, 11) is 2.09. The van der Waals surface area contributed by atoms with Gasteiger partial charge in [0, 0.05) is 65.7 Å². The van der Waals surface area contributed by atoms with Crippen LogP contribution in [0.25, 0.3) is 0 Å². The smallest absolute Gasteiger partial charge is 0.222 e. The molecule has 0 aromatic carbocycles. The van der Waals surface area contributed by atoms with E-state index in [1.807, 2.05) is 9.80 Å². The molecule has 2 amide bonds. The lowest BCUT2D eigenvalue weighted by molar-refractivity contribution is -0.140. The molecule has 1 fully saturated rings. The highest BCUT2D eigenvalue weighted by atomic mass is 127. The molecule has 0 unspecified atom stereocenters. The minimum Gasteiger partial charge on any atom is -0.357 e. The molecule has 182 valence electrons. The summed E-state index contributed by atoms with van der Waals surface area (Å²) in [4.78, 5) is 35.3. The predicted molar refractivity (Wildman–Crippen MR) is 140 cm³/mol. The maximum Gasteiger partial charge on any atom is 0.222 e. The summed E-state index contributed by atoms with van der Waals surface area (Å²) in [6.07, 6.45) is 6.47. The zero-order valence-electron chi connectivity index (χ0n) is 20.5. The van der Waals surface area contributed by atoms with E-state index in [4.69, 9.17) is 4.99 Å². The Kier molecular flexibility index (Phi) is 16.9. The van der Waals surface area contributed by atoms with Gasteiger partial charge < -0.3 is 20.0 Å². The number of rotatable bonds is 12. The largest absolute Gasteiger partial charge is 0.357 e. The molecule has 0 radical (unpaired) electrons. The number of piperazine rings is 1. The minimum atomic E-state index is 0. The molecule has 0 saturated carbocycles. The average molecular weight is 552 g/mol. The number of unbranched alkanes of at least 4 members (excludes halogenated alkanes) is 3. The van der Waals surface area contributed by atoms with Crippen LogP contribution in [-0.4, -0.2) is 85.3 Å². The van der Waals surface area contributed by atoms with Crippen molar-refractivity contribution in [3.8, 4) is 0 Å². The van der Waals surface area contributed by atoms with Gasteiger partial charge in [0.1, 0.15) is 0 Å². The third kappa shape index (κ3) is 12.5. The van der Waals surface area contributed by atoms with Gasteiger partial charge in [-0.3, -0.25) is 14.6 Å². The lowest BCUT2D eigenvalue weighted by Crippen LogP contribution is -2.50. The van der Waals surface area contributed by atoms with Gasteiger partial charge in [0.2, 0.25) is 11.8 Å². The Balaban J connectivity index is 0.00000900. The first-order valence-corrected chi connectivity index (χ1v) is 11.9. The van der Waals surface area contributed by atoms with Gasteiger partial charge in [-0.2, -0.15) is 0 Å². The second-order valence-corrected chi connectivity index (χ2v) is 8.68. The number of carbonyl (C=O) groups is 2. The number of aliphatic imine (C=N–C) groups is 1. The van der Waals surface area contributed by atoms with Crippen molar-refractivity contribution in [1.82, 2.24) is 20.0 Å².